The minimum absolute atomic E-state index is 0.128. The number of ether oxygens (including phenoxy) is 2. The van der Waals surface area contributed by atoms with Gasteiger partial charge < -0.3 is 14.6 Å². The largest absolute Gasteiger partial charge is 0.434 e. The predicted molar refractivity (Wildman–Crippen MR) is 118 cm³/mol. The van der Waals surface area contributed by atoms with Crippen molar-refractivity contribution in [2.24, 2.45) is 5.41 Å². The monoisotopic (exact) mass is 464 g/mol. The van der Waals surface area contributed by atoms with Crippen molar-refractivity contribution in [2.75, 3.05) is 18.1 Å². The molecule has 0 saturated carbocycles. The third-order valence-electron chi connectivity index (χ3n) is 5.67. The Balaban J connectivity index is 0.000000316. The van der Waals surface area contributed by atoms with Crippen molar-refractivity contribution in [2.45, 2.75) is 78.4 Å². The normalized spacial score (nSPS) is 20.1. The zero-order chi connectivity index (χ0) is 23.9. The van der Waals surface area contributed by atoms with Gasteiger partial charge in [0.05, 0.1) is 17.8 Å². The van der Waals surface area contributed by atoms with Gasteiger partial charge in [-0.25, -0.2) is 0 Å². The summed E-state index contributed by atoms with van der Waals surface area (Å²) in [6.07, 6.45) is -3.29. The Labute approximate surface area is 187 Å². The van der Waals surface area contributed by atoms with Gasteiger partial charge in [0.1, 0.15) is 0 Å². The number of thioether (sulfide) groups is 1. The van der Waals surface area contributed by atoms with Gasteiger partial charge in [-0.05, 0) is 50.7 Å². The van der Waals surface area contributed by atoms with Gasteiger partial charge in [-0.15, -0.1) is 0 Å². The van der Waals surface area contributed by atoms with Crippen LogP contribution in [0.1, 0.15) is 71.4 Å². The van der Waals surface area contributed by atoms with Crippen molar-refractivity contribution < 1.29 is 32.5 Å². The highest BCUT2D eigenvalue weighted by molar-refractivity contribution is 7.99. The molecule has 0 spiro atoms. The maximum absolute atomic E-state index is 12.6. The maximum atomic E-state index is 12.6. The summed E-state index contributed by atoms with van der Waals surface area (Å²) in [5.74, 6) is 1.89. The molecule has 0 aliphatic carbocycles. The van der Waals surface area contributed by atoms with Crippen LogP contribution in [0.4, 0.5) is 13.2 Å². The Morgan fingerprint density at radius 3 is 2.23 bits per heavy atom. The van der Waals surface area contributed by atoms with E-state index in [1.165, 1.54) is 12.1 Å². The van der Waals surface area contributed by atoms with Crippen LogP contribution < -0.4 is 0 Å². The van der Waals surface area contributed by atoms with Crippen molar-refractivity contribution >= 4 is 17.7 Å². The topological polar surface area (TPSA) is 55.8 Å². The van der Waals surface area contributed by atoms with Gasteiger partial charge in [0.25, 0.3) is 0 Å². The summed E-state index contributed by atoms with van der Waals surface area (Å²) in [5.41, 5.74) is -2.34. The Bertz CT molecular complexity index is 681. The second-order valence-electron chi connectivity index (χ2n) is 8.52. The number of aliphatic hydroxyl groups is 1. The summed E-state index contributed by atoms with van der Waals surface area (Å²) in [5, 5.41) is 9.48. The molecule has 1 heterocycles. The number of benzene rings is 1. The van der Waals surface area contributed by atoms with Gasteiger partial charge in [0.15, 0.2) is 5.60 Å². The molecule has 1 aliphatic rings. The van der Waals surface area contributed by atoms with Crippen molar-refractivity contribution in [3.05, 3.63) is 35.4 Å². The minimum atomic E-state index is -4.66. The Hall–Kier alpha value is -1.25. The first-order valence-electron chi connectivity index (χ1n) is 10.6. The number of carbonyl (C=O) groups excluding carboxylic acids is 1. The van der Waals surface area contributed by atoms with Gasteiger partial charge in [0.2, 0.25) is 6.29 Å². The summed E-state index contributed by atoms with van der Waals surface area (Å²) in [6, 6.07) is 5.97. The standard InChI is InChI=1S/C13H17F3O.C10H18O3S/c1-4-9(2)10-5-7-11(8-6-10)12(3,17)13(14,15)16;1-4-10(2,3)9(11)13-8-7-14-6-5-12-8/h5-9,17H,4H2,1-3H3;8H,4-7H2,1-3H3. The van der Waals surface area contributed by atoms with E-state index in [2.05, 4.69) is 0 Å². The molecule has 1 saturated heterocycles. The van der Waals surface area contributed by atoms with Crippen LogP contribution in [0.15, 0.2) is 24.3 Å². The molecule has 2 rings (SSSR count). The van der Waals surface area contributed by atoms with E-state index in [9.17, 15) is 23.1 Å². The first-order valence-corrected chi connectivity index (χ1v) is 11.7. The maximum Gasteiger partial charge on any atom is 0.421 e. The highest BCUT2D eigenvalue weighted by Gasteiger charge is 2.51. The van der Waals surface area contributed by atoms with Crippen molar-refractivity contribution in [3.63, 3.8) is 0 Å². The van der Waals surface area contributed by atoms with E-state index in [4.69, 9.17) is 9.47 Å². The van der Waals surface area contributed by atoms with Crippen molar-refractivity contribution in [1.82, 2.24) is 0 Å². The number of halogens is 3. The number of hydrogen-bond donors (Lipinski definition) is 1. The lowest BCUT2D eigenvalue weighted by Gasteiger charge is -2.27. The zero-order valence-electron chi connectivity index (χ0n) is 19.2. The molecule has 1 N–H and O–H groups in total. The van der Waals surface area contributed by atoms with E-state index in [0.717, 1.165) is 36.8 Å². The van der Waals surface area contributed by atoms with Crippen LogP contribution in [0.2, 0.25) is 0 Å². The van der Waals surface area contributed by atoms with E-state index in [0.29, 0.717) is 12.5 Å². The summed E-state index contributed by atoms with van der Waals surface area (Å²) >= 11 is 1.76. The molecule has 4 nitrogen and oxygen atoms in total. The van der Waals surface area contributed by atoms with Gasteiger partial charge in [-0.1, -0.05) is 45.0 Å². The van der Waals surface area contributed by atoms with E-state index in [-0.39, 0.29) is 17.8 Å². The fourth-order valence-corrected chi connectivity index (χ4v) is 3.23. The molecule has 1 aromatic rings. The van der Waals surface area contributed by atoms with E-state index in [1.54, 1.807) is 23.9 Å². The Kier molecular flexibility index (Phi) is 10.4. The summed E-state index contributed by atoms with van der Waals surface area (Å²) in [7, 11) is 0. The average molecular weight is 465 g/mol. The van der Waals surface area contributed by atoms with E-state index in [1.807, 2.05) is 34.6 Å². The number of esters is 1. The van der Waals surface area contributed by atoms with Gasteiger partial charge in [-0.3, -0.25) is 4.79 Å². The molecule has 0 radical (unpaired) electrons. The second-order valence-corrected chi connectivity index (χ2v) is 9.67. The SMILES string of the molecule is CCC(C)(C)C(=O)OC1CSCCO1.CCC(C)c1ccc(C(C)(O)C(F)(F)F)cc1. The molecule has 3 unspecified atom stereocenters. The molecule has 1 fully saturated rings. The van der Waals surface area contributed by atoms with E-state index >= 15 is 0 Å². The van der Waals surface area contributed by atoms with Crippen LogP contribution in [0.5, 0.6) is 0 Å². The van der Waals surface area contributed by atoms with Crippen LogP contribution in [-0.2, 0) is 19.9 Å². The third-order valence-corrected chi connectivity index (χ3v) is 6.63. The van der Waals surface area contributed by atoms with Gasteiger partial charge >= 0.3 is 12.1 Å². The van der Waals surface area contributed by atoms with E-state index < -0.39 is 17.2 Å². The number of rotatable bonds is 6. The summed E-state index contributed by atoms with van der Waals surface area (Å²) in [6.45, 7) is 11.2. The fraction of sp³-hybridized carbons (Fsp3) is 0.696. The highest BCUT2D eigenvalue weighted by atomic mass is 32.2. The predicted octanol–water partition coefficient (Wildman–Crippen LogP) is 6.03. The molecular weight excluding hydrogens is 429 g/mol. The molecule has 1 aromatic carbocycles. The smallest absolute Gasteiger partial charge is 0.421 e. The minimum Gasteiger partial charge on any atom is -0.434 e. The molecule has 3 atom stereocenters. The molecule has 31 heavy (non-hydrogen) atoms. The summed E-state index contributed by atoms with van der Waals surface area (Å²) < 4.78 is 48.4. The Morgan fingerprint density at radius 2 is 1.81 bits per heavy atom. The lowest BCUT2D eigenvalue weighted by Crippen LogP contribution is -2.39. The van der Waals surface area contributed by atoms with Gasteiger partial charge in [-0.2, -0.15) is 24.9 Å². The van der Waals surface area contributed by atoms with Crippen LogP contribution >= 0.6 is 11.8 Å². The van der Waals surface area contributed by atoms with Crippen LogP contribution in [0.25, 0.3) is 0 Å². The molecule has 8 heteroatoms. The highest BCUT2D eigenvalue weighted by Crippen LogP contribution is 2.38. The number of alkyl halides is 3. The molecule has 178 valence electrons. The molecule has 0 amide bonds. The first-order chi connectivity index (χ1) is 14.3. The van der Waals surface area contributed by atoms with Crippen LogP contribution in [-0.4, -0.2) is 41.7 Å². The van der Waals surface area contributed by atoms with Gasteiger partial charge in [0, 0.05) is 5.75 Å². The Morgan fingerprint density at radius 1 is 1.23 bits per heavy atom. The van der Waals surface area contributed by atoms with Crippen LogP contribution in [0.3, 0.4) is 0 Å². The zero-order valence-corrected chi connectivity index (χ0v) is 20.0. The van der Waals surface area contributed by atoms with Crippen LogP contribution in [0, 0.1) is 5.41 Å². The van der Waals surface area contributed by atoms with Crippen molar-refractivity contribution in [3.8, 4) is 0 Å². The first kappa shape index (κ1) is 27.8. The van der Waals surface area contributed by atoms with Crippen molar-refractivity contribution in [1.29, 1.82) is 0 Å². The summed E-state index contributed by atoms with van der Waals surface area (Å²) in [4.78, 5) is 11.7. The third kappa shape index (κ3) is 7.99. The number of hydrogen-bond acceptors (Lipinski definition) is 5. The molecule has 1 aliphatic heterocycles. The quantitative estimate of drug-likeness (QED) is 0.521. The number of carbonyl (C=O) groups is 1. The fourth-order valence-electron chi connectivity index (χ4n) is 2.49. The lowest BCUT2D eigenvalue weighted by atomic mass is 9.91. The molecule has 0 bridgehead atoms. The molecule has 0 aromatic heterocycles. The lowest BCUT2D eigenvalue weighted by molar-refractivity contribution is -0.258. The second kappa shape index (κ2) is 11.6. The molecular formula is C23H35F3O4S. The average Bonchev–Trinajstić information content (AvgIpc) is 2.73.